The lowest BCUT2D eigenvalue weighted by atomic mass is 10.0. The zero-order valence-electron chi connectivity index (χ0n) is 11.9. The first kappa shape index (κ1) is 14.1. The van der Waals surface area contributed by atoms with E-state index < -0.39 is 0 Å². The molecule has 0 unspecified atom stereocenters. The summed E-state index contributed by atoms with van der Waals surface area (Å²) in [5.41, 5.74) is 1.52. The lowest BCUT2D eigenvalue weighted by Gasteiger charge is -2.18. The van der Waals surface area contributed by atoms with Crippen molar-refractivity contribution in [1.82, 2.24) is 15.1 Å². The molecule has 5 nitrogen and oxygen atoms in total. The van der Waals surface area contributed by atoms with Gasteiger partial charge < -0.3 is 10.4 Å². The third kappa shape index (κ3) is 2.97. The average molecular weight is 265 g/mol. The van der Waals surface area contributed by atoms with Crippen molar-refractivity contribution in [2.45, 2.75) is 45.1 Å². The van der Waals surface area contributed by atoms with Gasteiger partial charge in [0.25, 0.3) is 5.91 Å². The van der Waals surface area contributed by atoms with Gasteiger partial charge in [0.15, 0.2) is 0 Å². The molecule has 1 aromatic heterocycles. The summed E-state index contributed by atoms with van der Waals surface area (Å²) in [7, 11) is 1.79. The molecule has 1 saturated carbocycles. The van der Waals surface area contributed by atoms with Gasteiger partial charge >= 0.3 is 0 Å². The van der Waals surface area contributed by atoms with Crippen LogP contribution in [0.25, 0.3) is 0 Å². The second kappa shape index (κ2) is 5.74. The fourth-order valence-electron chi connectivity index (χ4n) is 2.67. The van der Waals surface area contributed by atoms with Crippen molar-refractivity contribution in [3.8, 4) is 0 Å². The minimum atomic E-state index is -0.0905. The molecule has 1 aromatic rings. The Morgan fingerprint density at radius 2 is 2.32 bits per heavy atom. The van der Waals surface area contributed by atoms with Gasteiger partial charge in [-0.05, 0) is 24.8 Å². The predicted molar refractivity (Wildman–Crippen MR) is 73.0 cm³/mol. The number of aliphatic hydroxyl groups excluding tert-OH is 1. The molecule has 0 aromatic carbocycles. The van der Waals surface area contributed by atoms with Crippen LogP contribution in [0.3, 0.4) is 0 Å². The summed E-state index contributed by atoms with van der Waals surface area (Å²) < 4.78 is 1.63. The molecule has 1 aliphatic carbocycles. The Kier molecular flexibility index (Phi) is 4.24. The Morgan fingerprint density at radius 3 is 2.89 bits per heavy atom. The van der Waals surface area contributed by atoms with E-state index >= 15 is 0 Å². The summed E-state index contributed by atoms with van der Waals surface area (Å²) in [5, 5.41) is 16.7. The van der Waals surface area contributed by atoms with Crippen LogP contribution >= 0.6 is 0 Å². The summed E-state index contributed by atoms with van der Waals surface area (Å²) in [6, 6.07) is 1.94. The normalized spacial score (nSPS) is 23.0. The molecule has 0 saturated heterocycles. The van der Waals surface area contributed by atoms with Crippen LogP contribution in [-0.2, 0) is 7.05 Å². The topological polar surface area (TPSA) is 67.2 Å². The summed E-state index contributed by atoms with van der Waals surface area (Å²) in [6.07, 6.45) is 3.01. The molecular weight excluding hydrogens is 242 g/mol. The minimum absolute atomic E-state index is 0.0905. The third-order valence-electron chi connectivity index (χ3n) is 3.93. The third-order valence-corrected chi connectivity index (χ3v) is 3.93. The lowest BCUT2D eigenvalue weighted by molar-refractivity contribution is 0.0906. The molecule has 2 atom stereocenters. The molecule has 0 radical (unpaired) electrons. The number of hydrogen-bond acceptors (Lipinski definition) is 3. The van der Waals surface area contributed by atoms with E-state index in [9.17, 15) is 9.90 Å². The van der Waals surface area contributed by atoms with Gasteiger partial charge in [0.2, 0.25) is 0 Å². The standard InChI is InChI=1S/C14H23N3O2/c1-9(2)12-7-13(17(3)16-12)14(19)15-11-6-4-5-10(11)8-18/h7,9-11,18H,4-6,8H2,1-3H3,(H,15,19)/t10-,11-/m0/s1. The smallest absolute Gasteiger partial charge is 0.269 e. The van der Waals surface area contributed by atoms with Crippen molar-refractivity contribution in [3.63, 3.8) is 0 Å². The molecule has 0 spiro atoms. The highest BCUT2D eigenvalue weighted by Crippen LogP contribution is 2.25. The molecule has 1 aliphatic rings. The summed E-state index contributed by atoms with van der Waals surface area (Å²) >= 11 is 0. The van der Waals surface area contributed by atoms with Crippen molar-refractivity contribution in [3.05, 3.63) is 17.5 Å². The maximum Gasteiger partial charge on any atom is 0.269 e. The van der Waals surface area contributed by atoms with Gasteiger partial charge in [0.1, 0.15) is 5.69 Å². The van der Waals surface area contributed by atoms with E-state index in [1.165, 1.54) is 0 Å². The monoisotopic (exact) mass is 265 g/mol. The van der Waals surface area contributed by atoms with Crippen molar-refractivity contribution in [2.75, 3.05) is 6.61 Å². The number of amides is 1. The maximum atomic E-state index is 12.3. The van der Waals surface area contributed by atoms with Crippen LogP contribution in [0.5, 0.6) is 0 Å². The number of carbonyl (C=O) groups excluding carboxylic acids is 1. The Bertz CT molecular complexity index is 454. The van der Waals surface area contributed by atoms with Crippen molar-refractivity contribution < 1.29 is 9.90 Å². The Hall–Kier alpha value is -1.36. The number of carbonyl (C=O) groups is 1. The molecule has 0 aliphatic heterocycles. The second-order valence-corrected chi connectivity index (χ2v) is 5.69. The minimum Gasteiger partial charge on any atom is -0.396 e. The van der Waals surface area contributed by atoms with Gasteiger partial charge in [-0.15, -0.1) is 0 Å². The lowest BCUT2D eigenvalue weighted by Crippen LogP contribution is -2.39. The van der Waals surface area contributed by atoms with Crippen LogP contribution in [0.4, 0.5) is 0 Å². The first-order chi connectivity index (χ1) is 9.02. The van der Waals surface area contributed by atoms with Crippen LogP contribution < -0.4 is 5.32 Å². The van der Waals surface area contributed by atoms with Gasteiger partial charge in [0.05, 0.1) is 5.69 Å². The van der Waals surface area contributed by atoms with Crippen LogP contribution in [0.1, 0.15) is 55.2 Å². The van der Waals surface area contributed by atoms with E-state index in [1.54, 1.807) is 11.7 Å². The Labute approximate surface area is 114 Å². The van der Waals surface area contributed by atoms with Gasteiger partial charge in [0, 0.05) is 25.6 Å². The molecule has 106 valence electrons. The summed E-state index contributed by atoms with van der Waals surface area (Å²) in [5.74, 6) is 0.415. The van der Waals surface area contributed by atoms with Gasteiger partial charge in [-0.3, -0.25) is 9.48 Å². The highest BCUT2D eigenvalue weighted by molar-refractivity contribution is 5.92. The van der Waals surface area contributed by atoms with Crippen LogP contribution in [-0.4, -0.2) is 33.4 Å². The fourth-order valence-corrected chi connectivity index (χ4v) is 2.67. The van der Waals surface area contributed by atoms with Gasteiger partial charge in [-0.25, -0.2) is 0 Å². The van der Waals surface area contributed by atoms with Crippen LogP contribution in [0.2, 0.25) is 0 Å². The molecule has 2 rings (SSSR count). The Morgan fingerprint density at radius 1 is 1.58 bits per heavy atom. The number of aromatic nitrogens is 2. The fraction of sp³-hybridized carbons (Fsp3) is 0.714. The molecule has 5 heteroatoms. The van der Waals surface area contributed by atoms with Crippen LogP contribution in [0.15, 0.2) is 6.07 Å². The zero-order valence-corrected chi connectivity index (χ0v) is 11.9. The molecule has 1 fully saturated rings. The van der Waals surface area contributed by atoms with Crippen molar-refractivity contribution >= 4 is 5.91 Å². The molecule has 1 amide bonds. The van der Waals surface area contributed by atoms with Crippen molar-refractivity contribution in [1.29, 1.82) is 0 Å². The SMILES string of the molecule is CC(C)c1cc(C(=O)N[C@H]2CCC[C@H]2CO)n(C)n1. The average Bonchev–Trinajstić information content (AvgIpc) is 2.95. The van der Waals surface area contributed by atoms with E-state index in [0.717, 1.165) is 25.0 Å². The molecule has 0 bridgehead atoms. The maximum absolute atomic E-state index is 12.3. The molecule has 2 N–H and O–H groups in total. The van der Waals surface area contributed by atoms with E-state index in [1.807, 2.05) is 6.07 Å². The number of hydrogen-bond donors (Lipinski definition) is 2. The van der Waals surface area contributed by atoms with Crippen molar-refractivity contribution in [2.24, 2.45) is 13.0 Å². The van der Waals surface area contributed by atoms with Gasteiger partial charge in [-0.1, -0.05) is 20.3 Å². The zero-order chi connectivity index (χ0) is 14.0. The van der Waals surface area contributed by atoms with Crippen LogP contribution in [0, 0.1) is 5.92 Å². The first-order valence-corrected chi connectivity index (χ1v) is 6.98. The number of nitrogens with zero attached hydrogens (tertiary/aromatic N) is 2. The molecule has 1 heterocycles. The van der Waals surface area contributed by atoms with E-state index in [4.69, 9.17) is 0 Å². The number of aryl methyl sites for hydroxylation is 1. The summed E-state index contributed by atoms with van der Waals surface area (Å²) in [6.45, 7) is 4.26. The second-order valence-electron chi connectivity index (χ2n) is 5.69. The Balaban J connectivity index is 2.07. The highest BCUT2D eigenvalue weighted by atomic mass is 16.3. The largest absolute Gasteiger partial charge is 0.396 e. The van der Waals surface area contributed by atoms with Gasteiger partial charge in [-0.2, -0.15) is 5.10 Å². The number of nitrogens with one attached hydrogen (secondary N) is 1. The van der Waals surface area contributed by atoms with E-state index in [-0.39, 0.29) is 24.5 Å². The highest BCUT2D eigenvalue weighted by Gasteiger charge is 2.29. The van der Waals surface area contributed by atoms with E-state index in [0.29, 0.717) is 11.6 Å². The number of aliphatic hydroxyl groups is 1. The first-order valence-electron chi connectivity index (χ1n) is 6.98. The number of rotatable bonds is 4. The molecule has 19 heavy (non-hydrogen) atoms. The predicted octanol–water partition coefficient (Wildman–Crippen LogP) is 1.43. The van der Waals surface area contributed by atoms with E-state index in [2.05, 4.69) is 24.3 Å². The molecular formula is C14H23N3O2. The summed E-state index contributed by atoms with van der Waals surface area (Å²) in [4.78, 5) is 12.3. The quantitative estimate of drug-likeness (QED) is 0.865.